The lowest BCUT2D eigenvalue weighted by Crippen LogP contribution is -2.31. The van der Waals surface area contributed by atoms with Crippen molar-refractivity contribution in [2.24, 2.45) is 17.8 Å². The molecule has 0 fully saturated rings. The van der Waals surface area contributed by atoms with Gasteiger partial charge in [0.05, 0.1) is 0 Å². The first-order valence-corrected chi connectivity index (χ1v) is 10.4. The third-order valence-corrected chi connectivity index (χ3v) is 5.90. The number of fused-ring (bicyclic) bond motifs is 1. The van der Waals surface area contributed by atoms with Crippen LogP contribution in [-0.4, -0.2) is 29.1 Å². The van der Waals surface area contributed by atoms with Crippen molar-refractivity contribution >= 4 is 28.6 Å². The van der Waals surface area contributed by atoms with Crippen molar-refractivity contribution in [1.82, 2.24) is 5.32 Å². The first-order chi connectivity index (χ1) is 12.4. The van der Waals surface area contributed by atoms with E-state index in [0.717, 1.165) is 24.8 Å². The van der Waals surface area contributed by atoms with E-state index in [1.807, 2.05) is 6.08 Å². The van der Waals surface area contributed by atoms with Crippen LogP contribution in [0, 0.1) is 17.8 Å². The van der Waals surface area contributed by atoms with Crippen LogP contribution in [-0.2, 0) is 14.4 Å². The Morgan fingerprint density at radius 1 is 1.35 bits per heavy atom. The normalized spacial score (nSPS) is 25.0. The minimum Gasteiger partial charge on any atom is -0.356 e. The molecule has 142 valence electrons. The molecule has 0 aromatic carbocycles. The van der Waals surface area contributed by atoms with Gasteiger partial charge < -0.3 is 5.32 Å². The number of carbonyl (C=O) groups excluding carboxylic acids is 3. The van der Waals surface area contributed by atoms with Gasteiger partial charge in [0.25, 0.3) is 0 Å². The molecule has 0 aromatic rings. The smallest absolute Gasteiger partial charge is 0.216 e. The van der Waals surface area contributed by atoms with Gasteiger partial charge in [0.2, 0.25) is 5.91 Å². The summed E-state index contributed by atoms with van der Waals surface area (Å²) in [5, 5.41) is 2.84. The Bertz CT molecular complexity index is 648. The second-order valence-electron chi connectivity index (χ2n) is 7.15. The van der Waals surface area contributed by atoms with Crippen LogP contribution in [0.4, 0.5) is 0 Å². The number of allylic oxidation sites excluding steroid dienone is 6. The highest BCUT2D eigenvalue weighted by Gasteiger charge is 2.40. The molecule has 4 nitrogen and oxygen atoms in total. The highest BCUT2D eigenvalue weighted by atomic mass is 32.2. The van der Waals surface area contributed by atoms with Crippen LogP contribution in [0.15, 0.2) is 35.5 Å². The number of hydrogen-bond donors (Lipinski definition) is 1. The predicted molar refractivity (Wildman–Crippen MR) is 107 cm³/mol. The number of amides is 1. The first kappa shape index (κ1) is 20.7. The van der Waals surface area contributed by atoms with Crippen LogP contribution in [0.1, 0.15) is 46.5 Å². The molecule has 0 saturated heterocycles. The molecule has 0 heterocycles. The summed E-state index contributed by atoms with van der Waals surface area (Å²) >= 11 is 1.27. The lowest BCUT2D eigenvalue weighted by Gasteiger charge is -2.31. The molecule has 0 unspecified atom stereocenters. The van der Waals surface area contributed by atoms with Gasteiger partial charge in [-0.2, -0.15) is 0 Å². The number of rotatable bonds is 8. The van der Waals surface area contributed by atoms with E-state index in [1.54, 1.807) is 6.08 Å². The Balaban J connectivity index is 2.11. The number of thioether (sulfide) groups is 1. The molecule has 2 aliphatic carbocycles. The SMILES string of the molecule is CCCC/C(C)=C/[C@@H]1C=CC2=CC(=O)C[C@H]2[C@@H]1C(=O)SCCNC(C)=O. The number of nitrogens with one attached hydrogen (secondary N) is 1. The zero-order chi connectivity index (χ0) is 19.1. The van der Waals surface area contributed by atoms with Gasteiger partial charge in [0, 0.05) is 43.4 Å². The van der Waals surface area contributed by atoms with E-state index in [2.05, 4.69) is 31.3 Å². The van der Waals surface area contributed by atoms with Crippen molar-refractivity contribution in [3.05, 3.63) is 35.5 Å². The lowest BCUT2D eigenvalue weighted by molar-refractivity contribution is -0.119. The molecule has 1 N–H and O–H groups in total. The predicted octanol–water partition coefficient (Wildman–Crippen LogP) is 3.84. The summed E-state index contributed by atoms with van der Waals surface area (Å²) in [6.07, 6.45) is 11.8. The number of unbranched alkanes of at least 4 members (excludes halogenated alkanes) is 1. The van der Waals surface area contributed by atoms with Crippen molar-refractivity contribution in [2.45, 2.75) is 46.5 Å². The standard InChI is InChI=1S/C21H29NO3S/c1-4-5-6-14(2)11-17-8-7-16-12-18(24)13-19(16)20(17)21(25)26-10-9-22-15(3)23/h7-8,11-12,17,19-20H,4-6,9-10,13H2,1-3H3,(H,22,23)/b14-11+/t17-,19+,20+/m0/s1. The second-order valence-corrected chi connectivity index (χ2v) is 8.25. The summed E-state index contributed by atoms with van der Waals surface area (Å²) in [4.78, 5) is 35.8. The van der Waals surface area contributed by atoms with Crippen molar-refractivity contribution in [3.63, 3.8) is 0 Å². The topological polar surface area (TPSA) is 63.2 Å². The Hall–Kier alpha value is -1.62. The zero-order valence-corrected chi connectivity index (χ0v) is 16.7. The average molecular weight is 376 g/mol. The van der Waals surface area contributed by atoms with Gasteiger partial charge in [-0.15, -0.1) is 0 Å². The van der Waals surface area contributed by atoms with Gasteiger partial charge in [-0.25, -0.2) is 0 Å². The maximum absolute atomic E-state index is 12.9. The average Bonchev–Trinajstić information content (AvgIpc) is 2.96. The van der Waals surface area contributed by atoms with E-state index >= 15 is 0 Å². The van der Waals surface area contributed by atoms with Gasteiger partial charge in [0.15, 0.2) is 10.9 Å². The molecule has 1 amide bonds. The van der Waals surface area contributed by atoms with E-state index in [4.69, 9.17) is 0 Å². The minimum absolute atomic E-state index is 0.00603. The molecule has 2 rings (SSSR count). The molecule has 0 aliphatic heterocycles. The number of carbonyl (C=O) groups is 3. The molecular weight excluding hydrogens is 346 g/mol. The summed E-state index contributed by atoms with van der Waals surface area (Å²) in [5.74, 6) is 0.426. The van der Waals surface area contributed by atoms with Crippen LogP contribution in [0.2, 0.25) is 0 Å². The molecule has 5 heteroatoms. The van der Waals surface area contributed by atoms with E-state index in [-0.39, 0.29) is 34.6 Å². The molecule has 0 radical (unpaired) electrons. The molecule has 2 aliphatic rings. The molecule has 0 bridgehead atoms. The third kappa shape index (κ3) is 5.70. The Kier molecular flexibility index (Phi) is 7.88. The Labute approximate surface area is 160 Å². The summed E-state index contributed by atoms with van der Waals surface area (Å²) in [7, 11) is 0. The molecule has 26 heavy (non-hydrogen) atoms. The van der Waals surface area contributed by atoms with Crippen molar-refractivity contribution in [1.29, 1.82) is 0 Å². The molecule has 3 atom stereocenters. The maximum atomic E-state index is 12.9. The van der Waals surface area contributed by atoms with Crippen LogP contribution in [0.5, 0.6) is 0 Å². The summed E-state index contributed by atoms with van der Waals surface area (Å²) in [5.41, 5.74) is 2.30. The van der Waals surface area contributed by atoms with Crippen molar-refractivity contribution < 1.29 is 14.4 Å². The van der Waals surface area contributed by atoms with E-state index < -0.39 is 0 Å². The third-order valence-electron chi connectivity index (χ3n) is 4.93. The van der Waals surface area contributed by atoms with Crippen LogP contribution >= 0.6 is 11.8 Å². The lowest BCUT2D eigenvalue weighted by atomic mass is 9.74. The second kappa shape index (κ2) is 9.91. The Morgan fingerprint density at radius 3 is 2.81 bits per heavy atom. The summed E-state index contributed by atoms with van der Waals surface area (Å²) < 4.78 is 0. The minimum atomic E-state index is -0.198. The van der Waals surface area contributed by atoms with E-state index in [0.29, 0.717) is 18.7 Å². The monoisotopic (exact) mass is 375 g/mol. The van der Waals surface area contributed by atoms with Crippen molar-refractivity contribution in [2.75, 3.05) is 12.3 Å². The fourth-order valence-electron chi connectivity index (χ4n) is 3.63. The van der Waals surface area contributed by atoms with Gasteiger partial charge >= 0.3 is 0 Å². The highest BCUT2D eigenvalue weighted by molar-refractivity contribution is 8.13. The van der Waals surface area contributed by atoms with Crippen LogP contribution in [0.3, 0.4) is 0 Å². The van der Waals surface area contributed by atoms with Gasteiger partial charge in [-0.3, -0.25) is 14.4 Å². The fraction of sp³-hybridized carbons (Fsp3) is 0.571. The largest absolute Gasteiger partial charge is 0.356 e. The fourth-order valence-corrected chi connectivity index (χ4v) is 4.54. The van der Waals surface area contributed by atoms with E-state index in [1.165, 1.54) is 24.3 Å². The summed E-state index contributed by atoms with van der Waals surface area (Å²) in [6.45, 7) is 6.25. The van der Waals surface area contributed by atoms with Crippen LogP contribution < -0.4 is 5.32 Å². The first-order valence-electron chi connectivity index (χ1n) is 9.43. The van der Waals surface area contributed by atoms with Gasteiger partial charge in [-0.05, 0) is 31.4 Å². The van der Waals surface area contributed by atoms with Crippen molar-refractivity contribution in [3.8, 4) is 0 Å². The summed E-state index contributed by atoms with van der Waals surface area (Å²) in [6, 6.07) is 0. The quantitative estimate of drug-likeness (QED) is 0.517. The van der Waals surface area contributed by atoms with Crippen LogP contribution in [0.25, 0.3) is 0 Å². The van der Waals surface area contributed by atoms with E-state index in [9.17, 15) is 14.4 Å². The highest BCUT2D eigenvalue weighted by Crippen LogP contribution is 2.43. The Morgan fingerprint density at radius 2 is 2.12 bits per heavy atom. The number of hydrogen-bond acceptors (Lipinski definition) is 4. The maximum Gasteiger partial charge on any atom is 0.216 e. The van der Waals surface area contributed by atoms with Gasteiger partial charge in [-0.1, -0.05) is 48.9 Å². The van der Waals surface area contributed by atoms with Gasteiger partial charge in [0.1, 0.15) is 0 Å². The molecule has 0 spiro atoms. The molecular formula is C21H29NO3S. The molecule has 0 saturated carbocycles. The zero-order valence-electron chi connectivity index (χ0n) is 15.9. The number of ketones is 1. The molecule has 0 aromatic heterocycles.